The highest BCUT2D eigenvalue weighted by Crippen LogP contribution is 2.27. The van der Waals surface area contributed by atoms with Crippen molar-refractivity contribution in [1.82, 2.24) is 5.32 Å². The lowest BCUT2D eigenvalue weighted by Gasteiger charge is -2.06. The Labute approximate surface area is 104 Å². The number of hydrogen-bond acceptors (Lipinski definition) is 5. The topological polar surface area (TPSA) is 102 Å². The molecule has 0 spiro atoms. The number of amides is 1. The Hall–Kier alpha value is -2.15. The minimum atomic E-state index is -0.603. The van der Waals surface area contributed by atoms with Crippen molar-refractivity contribution in [2.24, 2.45) is 0 Å². The molecule has 7 heteroatoms. The molecule has 0 bridgehead atoms. The van der Waals surface area contributed by atoms with E-state index in [-0.39, 0.29) is 30.2 Å². The first-order valence-corrected chi connectivity index (χ1v) is 5.40. The molecule has 7 nitrogen and oxygen atoms in total. The fourth-order valence-electron chi connectivity index (χ4n) is 1.35. The van der Waals surface area contributed by atoms with Crippen LogP contribution in [0.2, 0.25) is 0 Å². The van der Waals surface area contributed by atoms with Gasteiger partial charge in [-0.15, -0.1) is 0 Å². The Morgan fingerprint density at radius 1 is 1.56 bits per heavy atom. The maximum Gasteiger partial charge on any atom is 0.311 e. The number of carbonyl (C=O) groups is 1. The van der Waals surface area contributed by atoms with Crippen LogP contribution in [0.1, 0.15) is 17.3 Å². The normalized spacial score (nSPS) is 9.89. The Morgan fingerprint density at radius 2 is 2.28 bits per heavy atom. The highest BCUT2D eigenvalue weighted by molar-refractivity contribution is 5.95. The molecule has 1 rings (SSSR count). The van der Waals surface area contributed by atoms with Gasteiger partial charge in [-0.25, -0.2) is 0 Å². The van der Waals surface area contributed by atoms with Crippen LogP contribution >= 0.6 is 0 Å². The number of nitrogens with one attached hydrogen (secondary N) is 1. The van der Waals surface area contributed by atoms with Gasteiger partial charge in [0.2, 0.25) is 0 Å². The molecular weight excluding hydrogens is 240 g/mol. The first-order valence-electron chi connectivity index (χ1n) is 5.40. The average Bonchev–Trinajstić information content (AvgIpc) is 2.36. The van der Waals surface area contributed by atoms with Gasteiger partial charge in [0.25, 0.3) is 5.91 Å². The number of rotatable bonds is 6. The molecule has 0 aliphatic rings. The highest BCUT2D eigenvalue weighted by atomic mass is 16.6. The zero-order valence-electron chi connectivity index (χ0n) is 9.88. The molecule has 0 unspecified atom stereocenters. The lowest BCUT2D eigenvalue weighted by atomic mass is 10.1. The van der Waals surface area contributed by atoms with Gasteiger partial charge in [-0.1, -0.05) is 0 Å². The summed E-state index contributed by atoms with van der Waals surface area (Å²) in [5, 5.41) is 21.8. The molecule has 0 aromatic heterocycles. The van der Waals surface area contributed by atoms with Crippen molar-refractivity contribution in [2.45, 2.75) is 6.92 Å². The predicted molar refractivity (Wildman–Crippen MR) is 63.7 cm³/mol. The van der Waals surface area contributed by atoms with Crippen LogP contribution in [0.4, 0.5) is 5.69 Å². The summed E-state index contributed by atoms with van der Waals surface area (Å²) in [6.45, 7) is 1.92. The van der Waals surface area contributed by atoms with Crippen molar-refractivity contribution in [3.8, 4) is 5.75 Å². The minimum Gasteiger partial charge on any atom is -0.487 e. The summed E-state index contributed by atoms with van der Waals surface area (Å²) in [6, 6.07) is 3.97. The molecule has 18 heavy (non-hydrogen) atoms. The Balaban J connectivity index is 2.99. The third kappa shape index (κ3) is 3.42. The Bertz CT molecular complexity index is 447. The SMILES string of the molecule is CCOc1ccc(C(=O)NCCO)cc1[N+](=O)[O-]. The van der Waals surface area contributed by atoms with E-state index in [0.717, 1.165) is 6.07 Å². The van der Waals surface area contributed by atoms with Crippen LogP contribution in [-0.2, 0) is 0 Å². The number of aliphatic hydroxyl groups is 1. The van der Waals surface area contributed by atoms with Crippen molar-refractivity contribution < 1.29 is 19.6 Å². The molecule has 0 aliphatic carbocycles. The van der Waals surface area contributed by atoms with Gasteiger partial charge in [-0.2, -0.15) is 0 Å². The van der Waals surface area contributed by atoms with E-state index in [9.17, 15) is 14.9 Å². The summed E-state index contributed by atoms with van der Waals surface area (Å²) in [4.78, 5) is 21.8. The lowest BCUT2D eigenvalue weighted by molar-refractivity contribution is -0.385. The van der Waals surface area contributed by atoms with E-state index in [1.165, 1.54) is 12.1 Å². The Morgan fingerprint density at radius 3 is 2.83 bits per heavy atom. The lowest BCUT2D eigenvalue weighted by Crippen LogP contribution is -2.26. The van der Waals surface area contributed by atoms with Crippen LogP contribution in [0.15, 0.2) is 18.2 Å². The van der Waals surface area contributed by atoms with Crippen LogP contribution in [0.5, 0.6) is 5.75 Å². The van der Waals surface area contributed by atoms with E-state index < -0.39 is 10.8 Å². The first kappa shape index (κ1) is 13.9. The first-order chi connectivity index (χ1) is 8.60. The van der Waals surface area contributed by atoms with E-state index in [4.69, 9.17) is 9.84 Å². The van der Waals surface area contributed by atoms with Gasteiger partial charge in [-0.3, -0.25) is 14.9 Å². The molecule has 1 aromatic rings. The fourth-order valence-corrected chi connectivity index (χ4v) is 1.35. The van der Waals surface area contributed by atoms with Crippen molar-refractivity contribution in [1.29, 1.82) is 0 Å². The van der Waals surface area contributed by atoms with Crippen molar-refractivity contribution in [3.63, 3.8) is 0 Å². The average molecular weight is 254 g/mol. The van der Waals surface area contributed by atoms with E-state index in [0.29, 0.717) is 6.61 Å². The second-order valence-corrected chi connectivity index (χ2v) is 3.35. The zero-order chi connectivity index (χ0) is 13.5. The van der Waals surface area contributed by atoms with Gasteiger partial charge in [0.1, 0.15) is 0 Å². The van der Waals surface area contributed by atoms with Crippen molar-refractivity contribution in [2.75, 3.05) is 19.8 Å². The number of aliphatic hydroxyl groups excluding tert-OH is 1. The molecular formula is C11H14N2O5. The number of nitro benzene ring substituents is 1. The summed E-state index contributed by atoms with van der Waals surface area (Å²) in [7, 11) is 0. The summed E-state index contributed by atoms with van der Waals surface area (Å²) >= 11 is 0. The molecule has 0 atom stereocenters. The standard InChI is InChI=1S/C11H14N2O5/c1-2-18-10-4-3-8(7-9(10)13(16)17)11(15)12-5-6-14/h3-4,7,14H,2,5-6H2,1H3,(H,12,15). The van der Waals surface area contributed by atoms with E-state index in [1.807, 2.05) is 0 Å². The van der Waals surface area contributed by atoms with Crippen LogP contribution in [0.3, 0.4) is 0 Å². The largest absolute Gasteiger partial charge is 0.487 e. The zero-order valence-corrected chi connectivity index (χ0v) is 9.88. The predicted octanol–water partition coefficient (Wildman–Crippen LogP) is 0.716. The maximum atomic E-state index is 11.6. The van der Waals surface area contributed by atoms with Gasteiger partial charge < -0.3 is 15.2 Å². The van der Waals surface area contributed by atoms with Crippen LogP contribution < -0.4 is 10.1 Å². The van der Waals surface area contributed by atoms with Gasteiger partial charge in [-0.05, 0) is 19.1 Å². The van der Waals surface area contributed by atoms with Crippen LogP contribution in [0.25, 0.3) is 0 Å². The minimum absolute atomic E-state index is 0.0971. The molecule has 2 N–H and O–H groups in total. The molecule has 0 fully saturated rings. The smallest absolute Gasteiger partial charge is 0.311 e. The second kappa shape index (κ2) is 6.55. The molecule has 0 heterocycles. The molecule has 0 saturated heterocycles. The number of benzene rings is 1. The summed E-state index contributed by atoms with van der Waals surface area (Å²) in [5.74, 6) is -0.351. The van der Waals surface area contributed by atoms with Crippen molar-refractivity contribution >= 4 is 11.6 Å². The van der Waals surface area contributed by atoms with Crippen LogP contribution in [0, 0.1) is 10.1 Å². The summed E-state index contributed by atoms with van der Waals surface area (Å²) < 4.78 is 5.10. The van der Waals surface area contributed by atoms with Gasteiger partial charge in [0.15, 0.2) is 5.75 Å². The molecule has 0 radical (unpaired) electrons. The molecule has 0 aliphatic heterocycles. The number of hydrogen-bond donors (Lipinski definition) is 2. The maximum absolute atomic E-state index is 11.6. The number of nitrogens with zero attached hydrogens (tertiary/aromatic N) is 1. The Kier molecular flexibility index (Phi) is 5.06. The quantitative estimate of drug-likeness (QED) is 0.575. The van der Waals surface area contributed by atoms with Crippen molar-refractivity contribution in [3.05, 3.63) is 33.9 Å². The van der Waals surface area contributed by atoms with E-state index in [1.54, 1.807) is 6.92 Å². The van der Waals surface area contributed by atoms with E-state index in [2.05, 4.69) is 5.32 Å². The molecule has 0 saturated carbocycles. The number of carbonyl (C=O) groups excluding carboxylic acids is 1. The van der Waals surface area contributed by atoms with Gasteiger partial charge >= 0.3 is 5.69 Å². The molecule has 1 aromatic carbocycles. The second-order valence-electron chi connectivity index (χ2n) is 3.35. The molecule has 1 amide bonds. The number of ether oxygens (including phenoxy) is 1. The number of nitro groups is 1. The fraction of sp³-hybridized carbons (Fsp3) is 0.364. The highest BCUT2D eigenvalue weighted by Gasteiger charge is 2.18. The van der Waals surface area contributed by atoms with Crippen LogP contribution in [-0.4, -0.2) is 35.7 Å². The third-order valence-electron chi connectivity index (χ3n) is 2.12. The summed E-state index contributed by atoms with van der Waals surface area (Å²) in [5.41, 5.74) is -0.105. The molecule has 98 valence electrons. The van der Waals surface area contributed by atoms with Gasteiger partial charge in [0, 0.05) is 18.2 Å². The van der Waals surface area contributed by atoms with E-state index >= 15 is 0 Å². The van der Waals surface area contributed by atoms with Gasteiger partial charge in [0.05, 0.1) is 18.1 Å². The summed E-state index contributed by atoms with van der Waals surface area (Å²) in [6.07, 6.45) is 0. The third-order valence-corrected chi connectivity index (χ3v) is 2.12. The monoisotopic (exact) mass is 254 g/mol.